The summed E-state index contributed by atoms with van der Waals surface area (Å²) in [6.07, 6.45) is 6.22. The van der Waals surface area contributed by atoms with Crippen molar-refractivity contribution in [3.8, 4) is 6.07 Å². The second kappa shape index (κ2) is 5.19. The van der Waals surface area contributed by atoms with Gasteiger partial charge in [0, 0.05) is 6.04 Å². The van der Waals surface area contributed by atoms with Gasteiger partial charge in [-0.25, -0.2) is 0 Å². The number of nitrogens with one attached hydrogen (secondary N) is 1. The molecule has 0 aliphatic heterocycles. The van der Waals surface area contributed by atoms with Crippen LogP contribution in [0.2, 0.25) is 0 Å². The zero-order valence-electron chi connectivity index (χ0n) is 11.3. The van der Waals surface area contributed by atoms with Crippen LogP contribution < -0.4 is 5.32 Å². The van der Waals surface area contributed by atoms with Crippen LogP contribution in [-0.4, -0.2) is 12.6 Å². The monoisotopic (exact) mass is 222 g/mol. The Balaban J connectivity index is 2.26. The van der Waals surface area contributed by atoms with Crippen LogP contribution in [0.1, 0.15) is 59.8 Å². The molecular weight excluding hydrogens is 196 g/mol. The van der Waals surface area contributed by atoms with E-state index in [0.717, 1.165) is 13.0 Å². The summed E-state index contributed by atoms with van der Waals surface area (Å²) in [4.78, 5) is 0. The molecule has 1 rings (SSSR count). The third-order valence-electron chi connectivity index (χ3n) is 3.69. The molecule has 1 fully saturated rings. The molecule has 0 saturated heterocycles. The Morgan fingerprint density at radius 2 is 2.12 bits per heavy atom. The summed E-state index contributed by atoms with van der Waals surface area (Å²) < 4.78 is 0. The van der Waals surface area contributed by atoms with Gasteiger partial charge in [0.2, 0.25) is 0 Å². The van der Waals surface area contributed by atoms with Crippen LogP contribution in [-0.2, 0) is 0 Å². The lowest BCUT2D eigenvalue weighted by Gasteiger charge is -2.36. The van der Waals surface area contributed by atoms with E-state index in [1.54, 1.807) is 0 Å². The molecular formula is C14H26N2. The number of hydrogen-bond acceptors (Lipinski definition) is 2. The Morgan fingerprint density at radius 3 is 2.69 bits per heavy atom. The molecule has 16 heavy (non-hydrogen) atoms. The molecule has 0 spiro atoms. The first-order chi connectivity index (χ1) is 7.35. The molecule has 0 heterocycles. The van der Waals surface area contributed by atoms with Crippen molar-refractivity contribution < 1.29 is 0 Å². The molecule has 1 aliphatic carbocycles. The van der Waals surface area contributed by atoms with Gasteiger partial charge >= 0.3 is 0 Å². The molecule has 1 N–H and O–H groups in total. The highest BCUT2D eigenvalue weighted by atomic mass is 14.9. The van der Waals surface area contributed by atoms with E-state index in [9.17, 15) is 0 Å². The largest absolute Gasteiger partial charge is 0.314 e. The smallest absolute Gasteiger partial charge is 0.0684 e. The minimum atomic E-state index is -0.183. The summed E-state index contributed by atoms with van der Waals surface area (Å²) in [7, 11) is 0. The van der Waals surface area contributed by atoms with Crippen molar-refractivity contribution in [2.45, 2.75) is 65.8 Å². The minimum absolute atomic E-state index is 0.183. The standard InChI is InChI=1S/C14H26N2/c1-13(2)7-5-6-12(10-13)16-9-8-14(3,4)11-15/h12,16H,5-10H2,1-4H3. The second-order valence-electron chi connectivity index (χ2n) is 6.66. The van der Waals surface area contributed by atoms with Crippen molar-refractivity contribution in [1.29, 1.82) is 5.26 Å². The van der Waals surface area contributed by atoms with E-state index in [-0.39, 0.29) is 5.41 Å². The van der Waals surface area contributed by atoms with E-state index in [1.165, 1.54) is 25.7 Å². The fourth-order valence-corrected chi connectivity index (χ4v) is 2.52. The number of nitriles is 1. The fourth-order valence-electron chi connectivity index (χ4n) is 2.52. The summed E-state index contributed by atoms with van der Waals surface area (Å²) in [6, 6.07) is 3.02. The van der Waals surface area contributed by atoms with E-state index in [1.807, 2.05) is 13.8 Å². The third-order valence-corrected chi connectivity index (χ3v) is 3.69. The number of hydrogen-bond donors (Lipinski definition) is 1. The fraction of sp³-hybridized carbons (Fsp3) is 0.929. The molecule has 1 aliphatic rings. The number of rotatable bonds is 4. The van der Waals surface area contributed by atoms with Crippen molar-refractivity contribution >= 4 is 0 Å². The van der Waals surface area contributed by atoms with Crippen molar-refractivity contribution in [2.75, 3.05) is 6.54 Å². The van der Waals surface area contributed by atoms with Gasteiger partial charge in [0.15, 0.2) is 0 Å². The molecule has 2 nitrogen and oxygen atoms in total. The lowest BCUT2D eigenvalue weighted by Crippen LogP contribution is -2.38. The molecule has 1 atom stereocenters. The maximum Gasteiger partial charge on any atom is 0.0684 e. The average Bonchev–Trinajstić information content (AvgIpc) is 2.16. The molecule has 2 heteroatoms. The van der Waals surface area contributed by atoms with E-state index in [4.69, 9.17) is 5.26 Å². The van der Waals surface area contributed by atoms with Crippen LogP contribution in [0.15, 0.2) is 0 Å². The van der Waals surface area contributed by atoms with Crippen molar-refractivity contribution in [1.82, 2.24) is 5.32 Å². The Labute approximate surface area is 100 Å². The first kappa shape index (κ1) is 13.5. The van der Waals surface area contributed by atoms with Crippen LogP contribution in [0.3, 0.4) is 0 Å². The molecule has 1 unspecified atom stereocenters. The van der Waals surface area contributed by atoms with Crippen LogP contribution in [0.25, 0.3) is 0 Å². The van der Waals surface area contributed by atoms with Crippen LogP contribution in [0, 0.1) is 22.2 Å². The lowest BCUT2D eigenvalue weighted by molar-refractivity contribution is 0.196. The Kier molecular flexibility index (Phi) is 4.38. The second-order valence-corrected chi connectivity index (χ2v) is 6.66. The van der Waals surface area contributed by atoms with Crippen molar-refractivity contribution in [3.63, 3.8) is 0 Å². The minimum Gasteiger partial charge on any atom is -0.314 e. The van der Waals surface area contributed by atoms with Crippen LogP contribution in [0.5, 0.6) is 0 Å². The van der Waals surface area contributed by atoms with Gasteiger partial charge in [-0.2, -0.15) is 5.26 Å². The zero-order chi connectivity index (χ0) is 12.2. The van der Waals surface area contributed by atoms with E-state index in [2.05, 4.69) is 25.2 Å². The zero-order valence-corrected chi connectivity index (χ0v) is 11.3. The molecule has 0 aromatic carbocycles. The van der Waals surface area contributed by atoms with Gasteiger partial charge in [0.1, 0.15) is 0 Å². The Morgan fingerprint density at radius 1 is 1.44 bits per heavy atom. The highest BCUT2D eigenvalue weighted by molar-refractivity contribution is 4.92. The molecule has 0 amide bonds. The Bertz CT molecular complexity index is 260. The predicted molar refractivity (Wildman–Crippen MR) is 68.1 cm³/mol. The highest BCUT2D eigenvalue weighted by Crippen LogP contribution is 2.35. The quantitative estimate of drug-likeness (QED) is 0.790. The molecule has 1 saturated carbocycles. The SMILES string of the molecule is CC(C)(C#N)CCNC1CCCC(C)(C)C1. The molecule has 0 bridgehead atoms. The van der Waals surface area contributed by atoms with Crippen LogP contribution >= 0.6 is 0 Å². The Hall–Kier alpha value is -0.550. The predicted octanol–water partition coefficient (Wildman–Crippen LogP) is 3.48. The summed E-state index contributed by atoms with van der Waals surface area (Å²) in [5, 5.41) is 12.6. The lowest BCUT2D eigenvalue weighted by atomic mass is 9.75. The van der Waals surface area contributed by atoms with Crippen molar-refractivity contribution in [2.24, 2.45) is 10.8 Å². The summed E-state index contributed by atoms with van der Waals surface area (Å²) in [5.41, 5.74) is 0.317. The van der Waals surface area contributed by atoms with E-state index >= 15 is 0 Å². The van der Waals surface area contributed by atoms with Gasteiger partial charge in [-0.15, -0.1) is 0 Å². The van der Waals surface area contributed by atoms with Crippen molar-refractivity contribution in [3.05, 3.63) is 0 Å². The summed E-state index contributed by atoms with van der Waals surface area (Å²) in [6.45, 7) is 9.72. The molecule has 0 aromatic heterocycles. The molecule has 0 radical (unpaired) electrons. The topological polar surface area (TPSA) is 35.8 Å². The molecule has 92 valence electrons. The van der Waals surface area contributed by atoms with Gasteiger partial charge in [-0.3, -0.25) is 0 Å². The average molecular weight is 222 g/mol. The maximum absolute atomic E-state index is 8.94. The van der Waals surface area contributed by atoms with Gasteiger partial charge in [0.05, 0.1) is 11.5 Å². The first-order valence-electron chi connectivity index (χ1n) is 6.49. The van der Waals surface area contributed by atoms with Gasteiger partial charge in [-0.05, 0) is 51.5 Å². The van der Waals surface area contributed by atoms with Crippen LogP contribution in [0.4, 0.5) is 0 Å². The number of nitrogens with zero attached hydrogens (tertiary/aromatic N) is 1. The highest BCUT2D eigenvalue weighted by Gasteiger charge is 2.27. The summed E-state index contributed by atoms with van der Waals surface area (Å²) in [5.74, 6) is 0. The normalized spacial score (nSPS) is 25.1. The van der Waals surface area contributed by atoms with Gasteiger partial charge < -0.3 is 5.32 Å². The first-order valence-corrected chi connectivity index (χ1v) is 6.49. The van der Waals surface area contributed by atoms with Gasteiger partial charge in [0.25, 0.3) is 0 Å². The van der Waals surface area contributed by atoms with Gasteiger partial charge in [-0.1, -0.05) is 20.3 Å². The van der Waals surface area contributed by atoms with E-state index < -0.39 is 0 Å². The maximum atomic E-state index is 8.94. The summed E-state index contributed by atoms with van der Waals surface area (Å²) >= 11 is 0. The van der Waals surface area contributed by atoms with E-state index in [0.29, 0.717) is 11.5 Å². The third kappa shape index (κ3) is 4.53. The molecule has 0 aromatic rings.